The quantitative estimate of drug-likeness (QED) is 0.632. The number of nitrogens with one attached hydrogen (secondary N) is 1. The lowest BCUT2D eigenvalue weighted by Gasteiger charge is -2.54. The third-order valence-corrected chi connectivity index (χ3v) is 7.81. The number of aryl methyl sites for hydroxylation is 1. The maximum Gasteiger partial charge on any atom is 0.178 e. The molecule has 180 valence electrons. The second-order valence-corrected chi connectivity index (χ2v) is 10.6. The van der Waals surface area contributed by atoms with Gasteiger partial charge in [0.05, 0.1) is 12.1 Å². The van der Waals surface area contributed by atoms with Crippen molar-refractivity contribution in [2.75, 3.05) is 31.1 Å². The number of anilines is 1. The Hall–Kier alpha value is -2.87. The van der Waals surface area contributed by atoms with E-state index in [9.17, 15) is 0 Å². The lowest BCUT2D eigenvalue weighted by Crippen LogP contribution is -2.60. The molecule has 2 fully saturated rings. The summed E-state index contributed by atoms with van der Waals surface area (Å²) < 4.78 is 10.4. The number of benzene rings is 1. The van der Waals surface area contributed by atoms with E-state index in [1.54, 1.807) is 0 Å². The summed E-state index contributed by atoms with van der Waals surface area (Å²) in [5.41, 5.74) is 3.50. The zero-order valence-electron chi connectivity index (χ0n) is 20.7. The van der Waals surface area contributed by atoms with Gasteiger partial charge in [-0.05, 0) is 58.7 Å². The zero-order chi connectivity index (χ0) is 23.4. The van der Waals surface area contributed by atoms with Gasteiger partial charge in [0.1, 0.15) is 29.7 Å². The van der Waals surface area contributed by atoms with Crippen LogP contribution in [0.4, 0.5) is 5.69 Å². The van der Waals surface area contributed by atoms with E-state index in [-0.39, 0.29) is 6.04 Å². The Labute approximate surface area is 201 Å². The van der Waals surface area contributed by atoms with Gasteiger partial charge < -0.3 is 19.5 Å². The van der Waals surface area contributed by atoms with Crippen LogP contribution in [0.15, 0.2) is 24.4 Å². The molecular formula is C26H35N7O. The molecule has 1 aromatic carbocycles. The molecule has 34 heavy (non-hydrogen) atoms. The Morgan fingerprint density at radius 2 is 2.06 bits per heavy atom. The fraction of sp³-hybridized carbons (Fsp3) is 0.577. The second kappa shape index (κ2) is 8.12. The number of fused-ring (bicyclic) bond motifs is 3. The normalized spacial score (nSPS) is 24.3. The fourth-order valence-corrected chi connectivity index (χ4v) is 5.91. The van der Waals surface area contributed by atoms with Gasteiger partial charge in [-0.25, -0.2) is 14.6 Å². The highest BCUT2D eigenvalue weighted by Gasteiger charge is 2.44. The monoisotopic (exact) mass is 461 g/mol. The first-order chi connectivity index (χ1) is 16.4. The largest absolute Gasteiger partial charge is 0.491 e. The molecule has 8 nitrogen and oxygen atoms in total. The Kier molecular flexibility index (Phi) is 5.17. The first kappa shape index (κ1) is 21.6. The number of nitrogens with zero attached hydrogens (tertiary/aromatic N) is 6. The summed E-state index contributed by atoms with van der Waals surface area (Å²) in [7, 11) is 0. The van der Waals surface area contributed by atoms with Crippen molar-refractivity contribution in [1.29, 1.82) is 0 Å². The van der Waals surface area contributed by atoms with Crippen molar-refractivity contribution in [2.45, 2.75) is 65.6 Å². The summed E-state index contributed by atoms with van der Waals surface area (Å²) in [4.78, 5) is 12.3. The van der Waals surface area contributed by atoms with Crippen LogP contribution in [0.3, 0.4) is 0 Å². The Bertz CT molecular complexity index is 1200. The van der Waals surface area contributed by atoms with E-state index in [2.05, 4.69) is 70.0 Å². The molecule has 3 aliphatic heterocycles. The Morgan fingerprint density at radius 3 is 2.79 bits per heavy atom. The summed E-state index contributed by atoms with van der Waals surface area (Å²) in [6.45, 7) is 13.4. The molecule has 0 aliphatic carbocycles. The number of hydrogen-bond acceptors (Lipinski definition) is 6. The molecule has 0 spiro atoms. The number of imidazole rings is 1. The van der Waals surface area contributed by atoms with Crippen molar-refractivity contribution in [3.8, 4) is 28.7 Å². The van der Waals surface area contributed by atoms with E-state index < -0.39 is 0 Å². The predicted octanol–water partition coefficient (Wildman–Crippen LogP) is 4.06. The molecule has 2 saturated heterocycles. The second-order valence-electron chi connectivity index (χ2n) is 10.6. The van der Waals surface area contributed by atoms with Gasteiger partial charge in [0.25, 0.3) is 0 Å². The Morgan fingerprint density at radius 1 is 1.18 bits per heavy atom. The Balaban J connectivity index is 1.33. The number of aromatic nitrogens is 5. The molecule has 1 N–H and O–H groups in total. The third-order valence-electron chi connectivity index (χ3n) is 7.81. The van der Waals surface area contributed by atoms with Crippen molar-refractivity contribution < 1.29 is 4.74 Å². The SMILES string of the molecule is Cc1nc(-c2cn3c(n2)-c2ccc(N4CCC4[C@]4(C)CCCNC4)cc2OCC3)n(C(C)C)n1. The van der Waals surface area contributed by atoms with Crippen LogP contribution in [0, 0.1) is 12.3 Å². The van der Waals surface area contributed by atoms with E-state index in [1.807, 2.05) is 11.6 Å². The molecule has 2 atom stereocenters. The average Bonchev–Trinajstić information content (AvgIpc) is 3.33. The molecule has 6 rings (SSSR count). The van der Waals surface area contributed by atoms with Crippen LogP contribution in [0.25, 0.3) is 22.9 Å². The van der Waals surface area contributed by atoms with Crippen LogP contribution >= 0.6 is 0 Å². The number of rotatable bonds is 4. The van der Waals surface area contributed by atoms with Crippen molar-refractivity contribution >= 4 is 5.69 Å². The molecule has 0 bridgehead atoms. The summed E-state index contributed by atoms with van der Waals surface area (Å²) >= 11 is 0. The van der Waals surface area contributed by atoms with Crippen molar-refractivity contribution in [3.63, 3.8) is 0 Å². The average molecular weight is 462 g/mol. The number of piperidine rings is 1. The minimum atomic E-state index is 0.224. The molecule has 0 amide bonds. The highest BCUT2D eigenvalue weighted by atomic mass is 16.5. The summed E-state index contributed by atoms with van der Waals surface area (Å²) in [5, 5.41) is 8.20. The van der Waals surface area contributed by atoms with Gasteiger partial charge in [0.15, 0.2) is 5.82 Å². The lowest BCUT2D eigenvalue weighted by atomic mass is 9.71. The standard InChI is InChI=1S/C26H35N7O/c1-17(2)33-25(28-18(3)30-33)21-15-31-12-13-34-22-14-19(6-7-20(22)24(31)29-21)32-11-8-23(32)26(4)9-5-10-27-16-26/h6-7,14-15,17,23,27H,5,8-13,16H2,1-4H3/t23?,26-/m1/s1. The maximum absolute atomic E-state index is 6.23. The molecule has 1 unspecified atom stereocenters. The predicted molar refractivity (Wildman–Crippen MR) is 133 cm³/mol. The highest BCUT2D eigenvalue weighted by Crippen LogP contribution is 2.44. The molecule has 8 heteroatoms. The molecule has 0 radical (unpaired) electrons. The van der Waals surface area contributed by atoms with E-state index >= 15 is 0 Å². The number of ether oxygens (including phenoxy) is 1. The summed E-state index contributed by atoms with van der Waals surface area (Å²) in [5.74, 6) is 3.46. The van der Waals surface area contributed by atoms with E-state index in [4.69, 9.17) is 9.72 Å². The van der Waals surface area contributed by atoms with Crippen LogP contribution in [0.1, 0.15) is 51.9 Å². The fourth-order valence-electron chi connectivity index (χ4n) is 5.91. The summed E-state index contributed by atoms with van der Waals surface area (Å²) in [6.07, 6.45) is 5.92. The molecule has 5 heterocycles. The van der Waals surface area contributed by atoms with E-state index in [0.29, 0.717) is 18.1 Å². The van der Waals surface area contributed by atoms with Crippen LogP contribution in [0.2, 0.25) is 0 Å². The molecule has 0 saturated carbocycles. The lowest BCUT2D eigenvalue weighted by molar-refractivity contribution is 0.143. The van der Waals surface area contributed by atoms with Crippen LogP contribution in [-0.2, 0) is 6.54 Å². The maximum atomic E-state index is 6.23. The summed E-state index contributed by atoms with van der Waals surface area (Å²) in [6, 6.07) is 7.48. The molecule has 3 aromatic rings. The smallest absolute Gasteiger partial charge is 0.178 e. The molecule has 2 aromatic heterocycles. The highest BCUT2D eigenvalue weighted by molar-refractivity contribution is 5.72. The van der Waals surface area contributed by atoms with E-state index in [1.165, 1.54) is 24.9 Å². The number of hydrogen-bond donors (Lipinski definition) is 1. The van der Waals surface area contributed by atoms with Gasteiger partial charge in [-0.2, -0.15) is 5.10 Å². The van der Waals surface area contributed by atoms with Crippen molar-refractivity contribution in [3.05, 3.63) is 30.2 Å². The first-order valence-electron chi connectivity index (χ1n) is 12.7. The van der Waals surface area contributed by atoms with Gasteiger partial charge in [0, 0.05) is 48.5 Å². The topological polar surface area (TPSA) is 73.0 Å². The van der Waals surface area contributed by atoms with Gasteiger partial charge in [-0.3, -0.25) is 0 Å². The first-order valence-corrected chi connectivity index (χ1v) is 12.7. The van der Waals surface area contributed by atoms with Gasteiger partial charge in [-0.1, -0.05) is 6.92 Å². The minimum Gasteiger partial charge on any atom is -0.491 e. The van der Waals surface area contributed by atoms with Crippen LogP contribution < -0.4 is 15.0 Å². The molecule has 3 aliphatic rings. The van der Waals surface area contributed by atoms with E-state index in [0.717, 1.165) is 60.7 Å². The minimum absolute atomic E-state index is 0.224. The van der Waals surface area contributed by atoms with Crippen molar-refractivity contribution in [2.24, 2.45) is 5.41 Å². The van der Waals surface area contributed by atoms with Gasteiger partial charge in [-0.15, -0.1) is 0 Å². The van der Waals surface area contributed by atoms with Crippen LogP contribution in [0.5, 0.6) is 5.75 Å². The van der Waals surface area contributed by atoms with Crippen LogP contribution in [-0.4, -0.2) is 56.6 Å². The zero-order valence-corrected chi connectivity index (χ0v) is 20.7. The van der Waals surface area contributed by atoms with Crippen molar-refractivity contribution in [1.82, 2.24) is 29.6 Å². The molecular weight excluding hydrogens is 426 g/mol. The van der Waals surface area contributed by atoms with Gasteiger partial charge in [0.2, 0.25) is 0 Å². The third kappa shape index (κ3) is 3.50. The van der Waals surface area contributed by atoms with Gasteiger partial charge >= 0.3 is 0 Å².